The van der Waals surface area contributed by atoms with Crippen molar-refractivity contribution >= 4 is 33.2 Å². The van der Waals surface area contributed by atoms with Crippen molar-refractivity contribution < 1.29 is 22.7 Å². The Labute approximate surface area is 169 Å². The summed E-state index contributed by atoms with van der Waals surface area (Å²) in [5.74, 6) is 0.625. The van der Waals surface area contributed by atoms with Gasteiger partial charge >= 0.3 is 0 Å². The molecule has 9 heteroatoms. The second kappa shape index (κ2) is 8.28. The number of ether oxygens (including phenoxy) is 2. The highest BCUT2D eigenvalue weighted by molar-refractivity contribution is 7.92. The fourth-order valence-electron chi connectivity index (χ4n) is 2.84. The molecule has 0 bridgehead atoms. The molecule has 0 spiro atoms. The van der Waals surface area contributed by atoms with E-state index in [0.717, 1.165) is 21.9 Å². The lowest BCUT2D eigenvalue weighted by Gasteiger charge is -2.34. The number of nitrogens with zero attached hydrogens (tertiary/aromatic N) is 1. The Morgan fingerprint density at radius 1 is 1.32 bits per heavy atom. The summed E-state index contributed by atoms with van der Waals surface area (Å²) in [6, 6.07) is 12.2. The van der Waals surface area contributed by atoms with Crippen molar-refractivity contribution in [1.82, 2.24) is 5.32 Å². The smallest absolute Gasteiger partial charge is 0.263 e. The number of rotatable bonds is 6. The highest BCUT2D eigenvalue weighted by Crippen LogP contribution is 2.37. The van der Waals surface area contributed by atoms with Crippen molar-refractivity contribution in [1.29, 1.82) is 0 Å². The van der Waals surface area contributed by atoms with Gasteiger partial charge in [-0.05, 0) is 36.8 Å². The van der Waals surface area contributed by atoms with Crippen LogP contribution in [0.2, 0.25) is 5.02 Å². The first-order valence-corrected chi connectivity index (χ1v) is 10.9. The van der Waals surface area contributed by atoms with Crippen LogP contribution in [-0.2, 0) is 14.8 Å². The molecule has 1 N–H and O–H groups in total. The number of benzene rings is 2. The number of carbonyl (C=O) groups excluding carboxylic acids is 1. The van der Waals surface area contributed by atoms with E-state index >= 15 is 0 Å². The Morgan fingerprint density at radius 2 is 2.07 bits per heavy atom. The van der Waals surface area contributed by atoms with Gasteiger partial charge in [0.05, 0.1) is 25.0 Å². The van der Waals surface area contributed by atoms with E-state index in [0.29, 0.717) is 10.7 Å². The number of nitrogens with one attached hydrogen (secondary N) is 1. The summed E-state index contributed by atoms with van der Waals surface area (Å²) < 4.78 is 36.8. The number of para-hydroxylation sites is 1. The molecule has 1 aliphatic heterocycles. The molecule has 1 aliphatic rings. The molecule has 3 rings (SSSR count). The van der Waals surface area contributed by atoms with Crippen molar-refractivity contribution in [2.24, 2.45) is 0 Å². The lowest BCUT2D eigenvalue weighted by atomic mass is 10.2. The van der Waals surface area contributed by atoms with Gasteiger partial charge in [0.2, 0.25) is 10.0 Å². The van der Waals surface area contributed by atoms with Crippen molar-refractivity contribution in [2.45, 2.75) is 13.0 Å². The minimum absolute atomic E-state index is 0.128. The molecule has 7 nitrogen and oxygen atoms in total. The first-order valence-electron chi connectivity index (χ1n) is 8.66. The monoisotopic (exact) mass is 424 g/mol. The third-order valence-electron chi connectivity index (χ3n) is 4.24. The number of amides is 1. The zero-order chi connectivity index (χ0) is 20.3. The summed E-state index contributed by atoms with van der Waals surface area (Å²) in [5, 5.41) is 3.10. The molecule has 0 saturated carbocycles. The molecule has 0 aliphatic carbocycles. The SMILES string of the molecule is Cc1ccccc1OCCNC(=O)[C@H]1CN(S(C)(=O)=O)c2cc(Cl)ccc2O1. The molecule has 1 heterocycles. The molecule has 2 aromatic rings. The van der Waals surface area contributed by atoms with Crippen LogP contribution in [0.25, 0.3) is 0 Å². The van der Waals surface area contributed by atoms with Crippen molar-refractivity contribution in [2.75, 3.05) is 30.3 Å². The molecule has 0 unspecified atom stereocenters. The zero-order valence-corrected chi connectivity index (χ0v) is 17.1. The molecule has 0 aromatic heterocycles. The topological polar surface area (TPSA) is 84.9 Å². The van der Waals surface area contributed by atoms with Crippen LogP contribution in [0.5, 0.6) is 11.5 Å². The maximum atomic E-state index is 12.5. The van der Waals surface area contributed by atoms with E-state index < -0.39 is 22.0 Å². The summed E-state index contributed by atoms with van der Waals surface area (Å²) in [4.78, 5) is 12.5. The normalized spacial score (nSPS) is 16.1. The van der Waals surface area contributed by atoms with E-state index in [4.69, 9.17) is 21.1 Å². The molecule has 1 amide bonds. The minimum Gasteiger partial charge on any atom is -0.491 e. The van der Waals surface area contributed by atoms with Crippen molar-refractivity contribution in [3.05, 3.63) is 53.1 Å². The average molecular weight is 425 g/mol. The number of sulfonamides is 1. The van der Waals surface area contributed by atoms with E-state index in [1.807, 2.05) is 31.2 Å². The van der Waals surface area contributed by atoms with Crippen LogP contribution in [0.15, 0.2) is 42.5 Å². The maximum Gasteiger partial charge on any atom is 0.263 e. The molecule has 1 atom stereocenters. The summed E-state index contributed by atoms with van der Waals surface area (Å²) >= 11 is 5.97. The third kappa shape index (κ3) is 4.69. The standard InChI is InChI=1S/C19H21ClN2O5S/c1-13-5-3-4-6-16(13)26-10-9-21-19(23)18-12-22(28(2,24)25)15-11-14(20)7-8-17(15)27-18/h3-8,11,18H,9-10,12H2,1-2H3,(H,21,23)/t18-/m1/s1. The fraction of sp³-hybridized carbons (Fsp3) is 0.316. The molecule has 2 aromatic carbocycles. The van der Waals surface area contributed by atoms with Gasteiger partial charge in [0.15, 0.2) is 6.10 Å². The Hall–Kier alpha value is -2.45. The molecule has 28 heavy (non-hydrogen) atoms. The van der Waals surface area contributed by atoms with E-state index in [-0.39, 0.29) is 25.4 Å². The lowest BCUT2D eigenvalue weighted by molar-refractivity contribution is -0.127. The fourth-order valence-corrected chi connectivity index (χ4v) is 3.91. The van der Waals surface area contributed by atoms with Crippen LogP contribution >= 0.6 is 11.6 Å². The second-order valence-corrected chi connectivity index (χ2v) is 8.76. The van der Waals surface area contributed by atoms with Crippen molar-refractivity contribution in [3.8, 4) is 11.5 Å². The van der Waals surface area contributed by atoms with Crippen LogP contribution in [-0.4, -0.2) is 46.4 Å². The number of hydrogen-bond donors (Lipinski definition) is 1. The Morgan fingerprint density at radius 3 is 2.79 bits per heavy atom. The number of carbonyl (C=O) groups is 1. The van der Waals surface area contributed by atoms with Gasteiger partial charge in [-0.3, -0.25) is 9.10 Å². The predicted octanol–water partition coefficient (Wildman–Crippen LogP) is 2.37. The quantitative estimate of drug-likeness (QED) is 0.719. The lowest BCUT2D eigenvalue weighted by Crippen LogP contribution is -2.51. The van der Waals surface area contributed by atoms with E-state index in [2.05, 4.69) is 5.32 Å². The summed E-state index contributed by atoms with van der Waals surface area (Å²) in [5.41, 5.74) is 1.32. The van der Waals surface area contributed by atoms with Crippen molar-refractivity contribution in [3.63, 3.8) is 0 Å². The second-order valence-electron chi connectivity index (χ2n) is 6.42. The number of hydrogen-bond acceptors (Lipinski definition) is 5. The third-order valence-corrected chi connectivity index (χ3v) is 5.62. The van der Waals surface area contributed by atoms with Crippen LogP contribution in [0, 0.1) is 6.92 Å². The summed E-state index contributed by atoms with van der Waals surface area (Å²) in [7, 11) is -3.60. The van der Waals surface area contributed by atoms with E-state index in [1.54, 1.807) is 12.1 Å². The number of fused-ring (bicyclic) bond motifs is 1. The zero-order valence-electron chi connectivity index (χ0n) is 15.5. The highest BCUT2D eigenvalue weighted by atomic mass is 35.5. The van der Waals surface area contributed by atoms with Crippen LogP contribution < -0.4 is 19.1 Å². The largest absolute Gasteiger partial charge is 0.491 e. The van der Waals surface area contributed by atoms with Crippen LogP contribution in [0.3, 0.4) is 0 Å². The summed E-state index contributed by atoms with van der Waals surface area (Å²) in [6.45, 7) is 2.36. The molecule has 0 radical (unpaired) electrons. The van der Waals surface area contributed by atoms with Crippen LogP contribution in [0.1, 0.15) is 5.56 Å². The molecule has 150 valence electrons. The van der Waals surface area contributed by atoms with E-state index in [9.17, 15) is 13.2 Å². The molecule has 0 saturated heterocycles. The van der Waals surface area contributed by atoms with Gasteiger partial charge in [-0.15, -0.1) is 0 Å². The minimum atomic E-state index is -3.60. The van der Waals surface area contributed by atoms with Gasteiger partial charge in [0.1, 0.15) is 18.1 Å². The average Bonchev–Trinajstić information content (AvgIpc) is 2.64. The van der Waals surface area contributed by atoms with Gasteiger partial charge in [0.25, 0.3) is 5.91 Å². The Bertz CT molecular complexity index is 980. The number of aryl methyl sites for hydroxylation is 1. The van der Waals surface area contributed by atoms with Crippen LogP contribution in [0.4, 0.5) is 5.69 Å². The Kier molecular flexibility index (Phi) is 6.00. The molecular weight excluding hydrogens is 404 g/mol. The first kappa shape index (κ1) is 20.3. The van der Waals surface area contributed by atoms with Gasteiger partial charge in [-0.25, -0.2) is 8.42 Å². The highest BCUT2D eigenvalue weighted by Gasteiger charge is 2.35. The van der Waals surface area contributed by atoms with Gasteiger partial charge in [-0.2, -0.15) is 0 Å². The van der Waals surface area contributed by atoms with Gasteiger partial charge < -0.3 is 14.8 Å². The molecule has 0 fully saturated rings. The number of halogens is 1. The molecular formula is C19H21ClN2O5S. The summed E-state index contributed by atoms with van der Waals surface area (Å²) in [6.07, 6.45) is 0.107. The first-order chi connectivity index (χ1) is 13.3. The predicted molar refractivity (Wildman–Crippen MR) is 108 cm³/mol. The number of anilines is 1. The van der Waals surface area contributed by atoms with Gasteiger partial charge in [0, 0.05) is 5.02 Å². The van der Waals surface area contributed by atoms with E-state index in [1.165, 1.54) is 6.07 Å². The Balaban J connectivity index is 1.63. The maximum absolute atomic E-state index is 12.5. The van der Waals surface area contributed by atoms with Gasteiger partial charge in [-0.1, -0.05) is 29.8 Å².